The molecule has 0 aliphatic rings. The van der Waals surface area contributed by atoms with Gasteiger partial charge < -0.3 is 9.73 Å². The minimum Gasteiger partial charge on any atom is -0.465 e. The van der Waals surface area contributed by atoms with Gasteiger partial charge in [-0.1, -0.05) is 18.2 Å². The number of benzene rings is 1. The Labute approximate surface area is 134 Å². The molecule has 6 nitrogen and oxygen atoms in total. The number of nitrogens with zero attached hydrogens (tertiary/aromatic N) is 2. The monoisotopic (exact) mass is 329 g/mol. The van der Waals surface area contributed by atoms with Crippen LogP contribution >= 0.6 is 0 Å². The summed E-state index contributed by atoms with van der Waals surface area (Å²) < 4.78 is 30.2. The molecule has 0 unspecified atom stereocenters. The summed E-state index contributed by atoms with van der Waals surface area (Å²) in [5.74, 6) is 2.08. The van der Waals surface area contributed by atoms with Gasteiger partial charge in [0, 0.05) is 0 Å². The van der Waals surface area contributed by atoms with Crippen molar-refractivity contribution in [2.75, 3.05) is 5.32 Å². The Morgan fingerprint density at radius 2 is 1.78 bits per heavy atom. The molecule has 1 aromatic carbocycles. The Hall–Kier alpha value is -2.67. The molecule has 3 rings (SSSR count). The highest BCUT2D eigenvalue weighted by molar-refractivity contribution is 7.91. The fourth-order valence-electron chi connectivity index (χ4n) is 2.04. The number of anilines is 1. The van der Waals surface area contributed by atoms with Gasteiger partial charge in [-0.3, -0.25) is 0 Å². The predicted molar refractivity (Wildman–Crippen MR) is 84.7 cm³/mol. The van der Waals surface area contributed by atoms with E-state index in [2.05, 4.69) is 15.5 Å². The van der Waals surface area contributed by atoms with Gasteiger partial charge in [0.2, 0.25) is 9.84 Å². The number of hydrogen-bond acceptors (Lipinski definition) is 6. The van der Waals surface area contributed by atoms with E-state index in [4.69, 9.17) is 4.42 Å². The van der Waals surface area contributed by atoms with Gasteiger partial charge in [-0.05, 0) is 43.3 Å². The van der Waals surface area contributed by atoms with Gasteiger partial charge in [0.15, 0.2) is 5.03 Å². The van der Waals surface area contributed by atoms with Crippen molar-refractivity contribution in [1.82, 2.24) is 10.2 Å². The lowest BCUT2D eigenvalue weighted by Gasteiger charge is -2.05. The van der Waals surface area contributed by atoms with E-state index in [1.165, 1.54) is 18.2 Å². The van der Waals surface area contributed by atoms with Crippen LogP contribution in [0.25, 0.3) is 0 Å². The van der Waals surface area contributed by atoms with E-state index in [1.807, 2.05) is 19.1 Å². The van der Waals surface area contributed by atoms with Gasteiger partial charge >= 0.3 is 0 Å². The summed E-state index contributed by atoms with van der Waals surface area (Å²) in [6.45, 7) is 2.32. The second-order valence-electron chi connectivity index (χ2n) is 4.94. The number of hydrogen-bond donors (Lipinski definition) is 1. The third-order valence-corrected chi connectivity index (χ3v) is 4.87. The molecule has 2 heterocycles. The molecule has 0 fully saturated rings. The molecule has 0 saturated carbocycles. The summed E-state index contributed by atoms with van der Waals surface area (Å²) in [7, 11) is -3.64. The van der Waals surface area contributed by atoms with Crippen molar-refractivity contribution in [3.8, 4) is 0 Å². The van der Waals surface area contributed by atoms with E-state index < -0.39 is 9.84 Å². The van der Waals surface area contributed by atoms with Crippen LogP contribution in [0.15, 0.2) is 68.9 Å². The minimum atomic E-state index is -3.64. The first-order valence-corrected chi connectivity index (χ1v) is 8.47. The van der Waals surface area contributed by atoms with Crippen LogP contribution in [0, 0.1) is 6.92 Å². The number of aromatic nitrogens is 2. The van der Waals surface area contributed by atoms with E-state index in [9.17, 15) is 8.42 Å². The molecule has 23 heavy (non-hydrogen) atoms. The van der Waals surface area contributed by atoms with Crippen LogP contribution in [0.4, 0.5) is 5.82 Å². The molecule has 0 amide bonds. The maximum atomic E-state index is 12.4. The summed E-state index contributed by atoms with van der Waals surface area (Å²) in [5, 5.41) is 10.7. The lowest BCUT2D eigenvalue weighted by Crippen LogP contribution is -2.07. The van der Waals surface area contributed by atoms with E-state index in [-0.39, 0.29) is 9.92 Å². The fraction of sp³-hybridized carbons (Fsp3) is 0.125. The van der Waals surface area contributed by atoms with E-state index in [1.54, 1.807) is 24.3 Å². The number of aryl methyl sites for hydroxylation is 1. The molecule has 0 bridgehead atoms. The first-order chi connectivity index (χ1) is 11.1. The summed E-state index contributed by atoms with van der Waals surface area (Å²) in [5.41, 5.74) is 0. The van der Waals surface area contributed by atoms with Gasteiger partial charge in [0.1, 0.15) is 17.3 Å². The molecule has 0 spiro atoms. The summed E-state index contributed by atoms with van der Waals surface area (Å²) in [6, 6.07) is 14.9. The smallest absolute Gasteiger partial charge is 0.225 e. The van der Waals surface area contributed by atoms with Crippen LogP contribution in [-0.2, 0) is 16.4 Å². The molecule has 0 saturated heterocycles. The van der Waals surface area contributed by atoms with Crippen molar-refractivity contribution in [2.45, 2.75) is 23.4 Å². The molecule has 0 atom stereocenters. The highest BCUT2D eigenvalue weighted by Crippen LogP contribution is 2.18. The quantitative estimate of drug-likeness (QED) is 0.775. The van der Waals surface area contributed by atoms with Gasteiger partial charge in [-0.15, -0.1) is 10.2 Å². The molecule has 118 valence electrons. The second-order valence-corrected chi connectivity index (χ2v) is 6.84. The van der Waals surface area contributed by atoms with Crippen LogP contribution < -0.4 is 5.32 Å². The lowest BCUT2D eigenvalue weighted by atomic mass is 10.4. The molecule has 2 aromatic heterocycles. The molecule has 0 aliphatic carbocycles. The Morgan fingerprint density at radius 3 is 2.39 bits per heavy atom. The third-order valence-electron chi connectivity index (χ3n) is 3.21. The van der Waals surface area contributed by atoms with Gasteiger partial charge in [-0.25, -0.2) is 8.42 Å². The average molecular weight is 329 g/mol. The molecular formula is C16H15N3O3S. The zero-order valence-corrected chi connectivity index (χ0v) is 13.2. The highest BCUT2D eigenvalue weighted by Gasteiger charge is 2.19. The molecule has 3 aromatic rings. The predicted octanol–water partition coefficient (Wildman–Crippen LogP) is 2.82. The van der Waals surface area contributed by atoms with Crippen molar-refractivity contribution in [3.05, 3.63) is 66.1 Å². The minimum absolute atomic E-state index is 0.0805. The SMILES string of the molecule is Cc1ccc(CNc2ccc(S(=O)(=O)c3ccccc3)nn2)o1. The third kappa shape index (κ3) is 3.40. The number of sulfone groups is 1. The van der Waals surface area contributed by atoms with Crippen LogP contribution in [0.5, 0.6) is 0 Å². The van der Waals surface area contributed by atoms with E-state index >= 15 is 0 Å². The second kappa shape index (κ2) is 6.21. The zero-order valence-electron chi connectivity index (χ0n) is 12.4. The first kappa shape index (κ1) is 15.2. The summed E-state index contributed by atoms with van der Waals surface area (Å²) in [4.78, 5) is 0.195. The Kier molecular flexibility index (Phi) is 4.12. The van der Waals surface area contributed by atoms with Gasteiger partial charge in [-0.2, -0.15) is 0 Å². The Bertz CT molecular complexity index is 888. The van der Waals surface area contributed by atoms with Crippen molar-refractivity contribution in [3.63, 3.8) is 0 Å². The Morgan fingerprint density at radius 1 is 1.00 bits per heavy atom. The van der Waals surface area contributed by atoms with E-state index in [0.717, 1.165) is 11.5 Å². The first-order valence-electron chi connectivity index (χ1n) is 6.99. The topological polar surface area (TPSA) is 85.1 Å². The molecule has 0 aliphatic heterocycles. The van der Waals surface area contributed by atoms with Crippen molar-refractivity contribution >= 4 is 15.7 Å². The lowest BCUT2D eigenvalue weighted by molar-refractivity contribution is 0.490. The van der Waals surface area contributed by atoms with Crippen molar-refractivity contribution in [2.24, 2.45) is 0 Å². The van der Waals surface area contributed by atoms with Gasteiger partial charge in [0.05, 0.1) is 11.4 Å². The largest absolute Gasteiger partial charge is 0.465 e. The number of rotatable bonds is 5. The molecule has 1 N–H and O–H groups in total. The molecule has 7 heteroatoms. The van der Waals surface area contributed by atoms with Crippen molar-refractivity contribution in [1.29, 1.82) is 0 Å². The van der Waals surface area contributed by atoms with Crippen molar-refractivity contribution < 1.29 is 12.8 Å². The standard InChI is InChI=1S/C16H15N3O3S/c1-12-7-8-13(22-12)11-17-15-9-10-16(19-18-15)23(20,21)14-5-3-2-4-6-14/h2-10H,11H2,1H3,(H,17,18). The number of furan rings is 1. The van der Waals surface area contributed by atoms with Crippen LogP contribution in [-0.4, -0.2) is 18.6 Å². The van der Waals surface area contributed by atoms with Crippen LogP contribution in [0.1, 0.15) is 11.5 Å². The Balaban J connectivity index is 1.74. The van der Waals surface area contributed by atoms with Gasteiger partial charge in [0.25, 0.3) is 0 Å². The van der Waals surface area contributed by atoms with Crippen LogP contribution in [0.3, 0.4) is 0 Å². The average Bonchev–Trinajstić information content (AvgIpc) is 3.00. The zero-order chi connectivity index (χ0) is 16.3. The fourth-order valence-corrected chi connectivity index (χ4v) is 3.19. The number of nitrogens with one attached hydrogen (secondary N) is 1. The molecular weight excluding hydrogens is 314 g/mol. The van der Waals surface area contributed by atoms with E-state index in [0.29, 0.717) is 12.4 Å². The highest BCUT2D eigenvalue weighted by atomic mass is 32.2. The summed E-state index contributed by atoms with van der Waals surface area (Å²) >= 11 is 0. The van der Waals surface area contributed by atoms with Crippen LogP contribution in [0.2, 0.25) is 0 Å². The maximum Gasteiger partial charge on any atom is 0.225 e. The maximum absolute atomic E-state index is 12.4. The molecule has 0 radical (unpaired) electrons. The normalized spacial score (nSPS) is 11.3. The summed E-state index contributed by atoms with van der Waals surface area (Å²) in [6.07, 6.45) is 0.